The van der Waals surface area contributed by atoms with Gasteiger partial charge in [-0.3, -0.25) is 9.69 Å². The van der Waals surface area contributed by atoms with Crippen molar-refractivity contribution in [2.24, 2.45) is 11.8 Å². The van der Waals surface area contributed by atoms with Crippen molar-refractivity contribution in [2.75, 3.05) is 19.9 Å². The Morgan fingerprint density at radius 1 is 1.05 bits per heavy atom. The van der Waals surface area contributed by atoms with E-state index in [9.17, 15) is 9.90 Å². The lowest BCUT2D eigenvalue weighted by Gasteiger charge is -2.59. The number of methoxy groups -OCH3 is 1. The molecule has 39 heavy (non-hydrogen) atoms. The van der Waals surface area contributed by atoms with Gasteiger partial charge in [0.05, 0.1) is 13.0 Å². The van der Waals surface area contributed by atoms with Crippen LogP contribution in [0.4, 0.5) is 0 Å². The van der Waals surface area contributed by atoms with Gasteiger partial charge in [0.25, 0.3) is 0 Å². The molecule has 210 valence electrons. The first-order chi connectivity index (χ1) is 18.0. The van der Waals surface area contributed by atoms with Crippen LogP contribution in [0.5, 0.6) is 5.75 Å². The minimum atomic E-state index is -0.689. The molecule has 0 spiro atoms. The van der Waals surface area contributed by atoms with E-state index in [1.807, 2.05) is 6.07 Å². The Morgan fingerprint density at radius 2 is 1.67 bits per heavy atom. The highest BCUT2D eigenvalue weighted by Crippen LogP contribution is 2.47. The second-order valence-corrected chi connectivity index (χ2v) is 11.0. The van der Waals surface area contributed by atoms with E-state index in [1.165, 1.54) is 16.0 Å². The van der Waals surface area contributed by atoms with Gasteiger partial charge in [-0.1, -0.05) is 60.7 Å². The highest BCUT2D eigenvalue weighted by Gasteiger charge is 2.55. The first-order valence-electron chi connectivity index (χ1n) is 13.1. The molecule has 8 heteroatoms. The highest BCUT2D eigenvalue weighted by molar-refractivity contribution is 7.98. The fourth-order valence-electron chi connectivity index (χ4n) is 6.74. The highest BCUT2D eigenvalue weighted by atomic mass is 35.5. The smallest absolute Gasteiger partial charge is 0.308 e. The summed E-state index contributed by atoms with van der Waals surface area (Å²) in [4.78, 5) is 16.2. The molecule has 0 aliphatic carbocycles. The second kappa shape index (κ2) is 13.9. The van der Waals surface area contributed by atoms with Gasteiger partial charge in [-0.2, -0.15) is 0 Å². The van der Waals surface area contributed by atoms with Crippen molar-refractivity contribution in [2.45, 2.75) is 48.8 Å². The molecule has 0 saturated carbocycles. The van der Waals surface area contributed by atoms with Crippen LogP contribution in [0.2, 0.25) is 0 Å². The van der Waals surface area contributed by atoms with E-state index in [-0.39, 0.29) is 54.8 Å². The van der Waals surface area contributed by atoms with Crippen molar-refractivity contribution < 1.29 is 14.6 Å². The van der Waals surface area contributed by atoms with Crippen LogP contribution in [-0.2, 0) is 11.3 Å². The molecule has 6 atom stereocenters. The third kappa shape index (κ3) is 6.26. The van der Waals surface area contributed by atoms with Crippen LogP contribution in [0.15, 0.2) is 83.8 Å². The molecule has 3 heterocycles. The molecule has 2 N–H and O–H groups in total. The molecule has 0 aromatic heterocycles. The van der Waals surface area contributed by atoms with Gasteiger partial charge in [0.1, 0.15) is 5.75 Å². The molecular weight excluding hydrogens is 551 g/mol. The summed E-state index contributed by atoms with van der Waals surface area (Å²) in [7, 11) is 1.71. The number of hydrogen-bond donors (Lipinski definition) is 2. The molecule has 3 aromatic rings. The van der Waals surface area contributed by atoms with Gasteiger partial charge in [0, 0.05) is 41.0 Å². The number of fused-ring (bicyclic) bond motifs is 3. The number of aliphatic carboxylic acids is 1. The van der Waals surface area contributed by atoms with Crippen LogP contribution in [0, 0.1) is 11.8 Å². The van der Waals surface area contributed by atoms with Gasteiger partial charge in [0.15, 0.2) is 0 Å². The topological polar surface area (TPSA) is 61.8 Å². The lowest BCUT2D eigenvalue weighted by molar-refractivity contribution is -0.159. The summed E-state index contributed by atoms with van der Waals surface area (Å²) in [5, 5.41) is 14.1. The minimum Gasteiger partial charge on any atom is -0.496 e. The average Bonchev–Trinajstić information content (AvgIpc) is 2.93. The predicted molar refractivity (Wildman–Crippen MR) is 164 cm³/mol. The molecule has 5 nitrogen and oxygen atoms in total. The monoisotopic (exact) mass is 588 g/mol. The van der Waals surface area contributed by atoms with E-state index in [2.05, 4.69) is 96.2 Å². The molecule has 2 bridgehead atoms. The van der Waals surface area contributed by atoms with Gasteiger partial charge >= 0.3 is 5.97 Å². The van der Waals surface area contributed by atoms with E-state index in [4.69, 9.17) is 4.74 Å². The van der Waals surface area contributed by atoms with Crippen LogP contribution in [0.25, 0.3) is 0 Å². The van der Waals surface area contributed by atoms with E-state index in [0.29, 0.717) is 6.54 Å². The molecule has 2 unspecified atom stereocenters. The quantitative estimate of drug-likeness (QED) is 0.284. The molecule has 3 aromatic carbocycles. The van der Waals surface area contributed by atoms with Crippen molar-refractivity contribution in [3.8, 4) is 5.75 Å². The second-order valence-electron chi connectivity index (χ2n) is 10.2. The maximum Gasteiger partial charge on any atom is 0.308 e. The van der Waals surface area contributed by atoms with E-state index in [0.717, 1.165) is 24.3 Å². The SMILES string of the molecule is COc1ccc(SC)cc1CN[C@@H]1[C@@H]2CCN(C(C)[C@@H]2C(=O)O)[C@@H]1C(c1ccccc1)c1ccccc1.Cl.Cl. The summed E-state index contributed by atoms with van der Waals surface area (Å²) in [6, 6.07) is 27.8. The van der Waals surface area contributed by atoms with Crippen LogP contribution in [-0.4, -0.2) is 54.0 Å². The summed E-state index contributed by atoms with van der Waals surface area (Å²) < 4.78 is 5.68. The van der Waals surface area contributed by atoms with Crippen molar-refractivity contribution >= 4 is 42.5 Å². The Kier molecular flexibility index (Phi) is 11.2. The van der Waals surface area contributed by atoms with Crippen LogP contribution >= 0.6 is 36.6 Å². The normalized spacial score (nSPS) is 25.4. The Labute approximate surface area is 248 Å². The summed E-state index contributed by atoms with van der Waals surface area (Å²) in [5.41, 5.74) is 3.62. The Bertz CT molecular complexity index is 1180. The maximum atomic E-state index is 12.5. The molecule has 0 amide bonds. The Balaban J connectivity index is 0.00000210. The Hall–Kier alpha value is -2.22. The first-order valence-corrected chi connectivity index (χ1v) is 14.3. The average molecular weight is 590 g/mol. The number of thioether (sulfide) groups is 1. The van der Waals surface area contributed by atoms with Crippen molar-refractivity contribution in [1.29, 1.82) is 0 Å². The summed E-state index contributed by atoms with van der Waals surface area (Å²) in [6.07, 6.45) is 2.96. The number of hydrogen-bond acceptors (Lipinski definition) is 5. The van der Waals surface area contributed by atoms with E-state index >= 15 is 0 Å². The van der Waals surface area contributed by atoms with Crippen LogP contribution < -0.4 is 10.1 Å². The number of nitrogens with one attached hydrogen (secondary N) is 1. The molecule has 0 radical (unpaired) electrons. The third-order valence-corrected chi connectivity index (χ3v) is 9.12. The number of benzene rings is 3. The fourth-order valence-corrected chi connectivity index (χ4v) is 7.21. The van der Waals surface area contributed by atoms with Gasteiger partial charge in [-0.05, 0) is 61.4 Å². The zero-order valence-corrected chi connectivity index (χ0v) is 25.0. The largest absolute Gasteiger partial charge is 0.496 e. The number of halogens is 2. The lowest BCUT2D eigenvalue weighted by atomic mass is 9.64. The first kappa shape index (κ1) is 31.3. The lowest BCUT2D eigenvalue weighted by Crippen LogP contribution is -2.71. The molecule has 6 rings (SSSR count). The van der Waals surface area contributed by atoms with Crippen molar-refractivity contribution in [3.63, 3.8) is 0 Å². The number of carbonyl (C=O) groups is 1. The zero-order valence-electron chi connectivity index (χ0n) is 22.5. The van der Waals surface area contributed by atoms with Crippen molar-refractivity contribution in [1.82, 2.24) is 10.2 Å². The third-order valence-electron chi connectivity index (χ3n) is 8.40. The standard InChI is InChI=1S/C31H36N2O3S.2ClH/c1-20-27(31(34)35)25-16-17-33(20)30(28(21-10-6-4-7-11-21)22-12-8-5-9-13-22)29(25)32-19-23-18-24(37-3)14-15-26(23)36-2;;/h4-15,18,20,25,27-30,32H,16-17,19H2,1-3H3,(H,34,35);2*1H/t20?,25-,27+,29-,30-;;/m1../s1. The fraction of sp³-hybridized carbons (Fsp3) is 0.387. The summed E-state index contributed by atoms with van der Waals surface area (Å²) in [6.45, 7) is 3.65. The Morgan fingerprint density at radius 3 is 2.21 bits per heavy atom. The number of rotatable bonds is 9. The minimum absolute atomic E-state index is 0. The number of carboxylic acid groups (broad SMARTS) is 1. The molecular formula is C31H38Cl2N2O3S. The molecule has 3 saturated heterocycles. The maximum absolute atomic E-state index is 12.5. The van der Waals surface area contributed by atoms with Crippen molar-refractivity contribution in [3.05, 3.63) is 95.6 Å². The molecule has 3 aliphatic heterocycles. The summed E-state index contributed by atoms with van der Waals surface area (Å²) >= 11 is 1.71. The number of carboxylic acids is 1. The van der Waals surface area contributed by atoms with Gasteiger partial charge in [-0.15, -0.1) is 36.6 Å². The van der Waals surface area contributed by atoms with Gasteiger partial charge in [0.2, 0.25) is 0 Å². The van der Waals surface area contributed by atoms with E-state index < -0.39 is 11.9 Å². The number of piperidine rings is 3. The number of ether oxygens (including phenoxy) is 1. The number of nitrogens with zero attached hydrogens (tertiary/aromatic N) is 1. The van der Waals surface area contributed by atoms with Gasteiger partial charge in [-0.25, -0.2) is 0 Å². The van der Waals surface area contributed by atoms with E-state index in [1.54, 1.807) is 18.9 Å². The van der Waals surface area contributed by atoms with Crippen LogP contribution in [0.1, 0.15) is 36.0 Å². The van der Waals surface area contributed by atoms with Gasteiger partial charge < -0.3 is 15.2 Å². The predicted octanol–water partition coefficient (Wildman–Crippen LogP) is 6.34. The summed E-state index contributed by atoms with van der Waals surface area (Å²) in [5.74, 6) is -0.0556. The van der Waals surface area contributed by atoms with Crippen LogP contribution in [0.3, 0.4) is 0 Å². The zero-order chi connectivity index (χ0) is 25.9. The molecule has 3 aliphatic rings. The molecule has 3 fully saturated rings.